The molecule has 5 amide bonds. The molecule has 4 saturated heterocycles. The number of anilines is 1. The molecule has 5 aliphatic heterocycles. The van der Waals surface area contributed by atoms with Crippen LogP contribution in [-0.4, -0.2) is 138 Å². The lowest BCUT2D eigenvalue weighted by Crippen LogP contribution is -2.56. The highest BCUT2D eigenvalue weighted by atomic mass is 16.5. The van der Waals surface area contributed by atoms with E-state index in [-0.39, 0.29) is 31.0 Å². The van der Waals surface area contributed by atoms with Crippen LogP contribution >= 0.6 is 0 Å². The van der Waals surface area contributed by atoms with Gasteiger partial charge in [-0.15, -0.1) is 0 Å². The number of amides is 5. The summed E-state index contributed by atoms with van der Waals surface area (Å²) in [5.41, 5.74) is 1.49. The Labute approximate surface area is 237 Å². The Bertz CT molecular complexity index is 1230. The first-order chi connectivity index (χ1) is 19.8. The Kier molecular flexibility index (Phi) is 7.66. The van der Waals surface area contributed by atoms with Crippen LogP contribution in [0.2, 0.25) is 0 Å². The van der Waals surface area contributed by atoms with Gasteiger partial charge in [0.15, 0.2) is 0 Å². The number of carbonyl (C=O) groups is 5. The number of carboxylic acid groups (broad SMARTS) is 1. The van der Waals surface area contributed by atoms with Crippen LogP contribution in [-0.2, 0) is 14.3 Å². The van der Waals surface area contributed by atoms with E-state index < -0.39 is 29.9 Å². The molecule has 220 valence electrons. The summed E-state index contributed by atoms with van der Waals surface area (Å²) < 4.78 is 6.07. The zero-order valence-electron chi connectivity index (χ0n) is 23.0. The number of imide groups is 2. The molecule has 1 atom stereocenters. The van der Waals surface area contributed by atoms with Gasteiger partial charge in [-0.05, 0) is 37.5 Å². The van der Waals surface area contributed by atoms with Gasteiger partial charge in [0.2, 0.25) is 11.8 Å². The number of benzene rings is 1. The van der Waals surface area contributed by atoms with Crippen molar-refractivity contribution in [2.24, 2.45) is 0 Å². The molecule has 4 fully saturated rings. The third-order valence-corrected chi connectivity index (χ3v) is 8.93. The average Bonchev–Trinajstić information content (AvgIpc) is 3.19. The monoisotopic (exact) mass is 568 g/mol. The molecule has 0 spiro atoms. The zero-order valence-corrected chi connectivity index (χ0v) is 23.0. The second kappa shape index (κ2) is 11.4. The Morgan fingerprint density at radius 2 is 1.51 bits per heavy atom. The fourth-order valence-corrected chi connectivity index (χ4v) is 6.39. The highest BCUT2D eigenvalue weighted by Crippen LogP contribution is 2.31. The fourth-order valence-electron chi connectivity index (χ4n) is 6.39. The van der Waals surface area contributed by atoms with E-state index in [0.717, 1.165) is 75.8 Å². The molecule has 13 heteroatoms. The van der Waals surface area contributed by atoms with Gasteiger partial charge in [-0.3, -0.25) is 34.3 Å². The average molecular weight is 569 g/mol. The van der Waals surface area contributed by atoms with Crippen molar-refractivity contribution >= 4 is 35.4 Å². The summed E-state index contributed by atoms with van der Waals surface area (Å²) in [5, 5.41) is 11.2. The summed E-state index contributed by atoms with van der Waals surface area (Å²) in [6.07, 6.45) is 1.55. The van der Waals surface area contributed by atoms with Crippen LogP contribution in [0.15, 0.2) is 18.2 Å². The molecule has 5 aliphatic rings. The van der Waals surface area contributed by atoms with E-state index in [2.05, 4.69) is 20.0 Å². The molecule has 0 aliphatic carbocycles. The summed E-state index contributed by atoms with van der Waals surface area (Å²) in [6.45, 7) is 8.30. The number of piperidine rings is 2. The predicted molar refractivity (Wildman–Crippen MR) is 146 cm³/mol. The van der Waals surface area contributed by atoms with Gasteiger partial charge in [0.05, 0.1) is 36.4 Å². The maximum Gasteiger partial charge on any atom is 0.407 e. The van der Waals surface area contributed by atoms with E-state index in [1.54, 1.807) is 12.1 Å². The summed E-state index contributed by atoms with van der Waals surface area (Å²) in [7, 11) is 0. The van der Waals surface area contributed by atoms with Crippen molar-refractivity contribution in [3.63, 3.8) is 0 Å². The molecule has 0 radical (unpaired) electrons. The maximum atomic E-state index is 13.2. The summed E-state index contributed by atoms with van der Waals surface area (Å²) >= 11 is 0. The van der Waals surface area contributed by atoms with Gasteiger partial charge in [-0.2, -0.15) is 0 Å². The maximum absolute atomic E-state index is 13.2. The molecule has 1 aromatic carbocycles. The lowest BCUT2D eigenvalue weighted by atomic mass is 10.0. The highest BCUT2D eigenvalue weighted by molar-refractivity contribution is 6.23. The van der Waals surface area contributed by atoms with Crippen molar-refractivity contribution in [1.29, 1.82) is 0 Å². The minimum atomic E-state index is -0.960. The Morgan fingerprint density at radius 1 is 0.854 bits per heavy atom. The third-order valence-electron chi connectivity index (χ3n) is 8.93. The molecule has 1 unspecified atom stereocenters. The van der Waals surface area contributed by atoms with E-state index in [1.165, 1.54) is 4.90 Å². The third kappa shape index (κ3) is 5.66. The quantitative estimate of drug-likeness (QED) is 0.433. The topological polar surface area (TPSA) is 143 Å². The fraction of sp³-hybridized carbons (Fsp3) is 0.607. The zero-order chi connectivity index (χ0) is 28.7. The number of nitrogens with one attached hydrogen (secondary N) is 1. The van der Waals surface area contributed by atoms with Gasteiger partial charge in [0.25, 0.3) is 11.8 Å². The minimum Gasteiger partial charge on any atom is -0.465 e. The number of hydrogen-bond acceptors (Lipinski definition) is 9. The van der Waals surface area contributed by atoms with Crippen molar-refractivity contribution in [2.75, 3.05) is 70.3 Å². The lowest BCUT2D eigenvalue weighted by Gasteiger charge is -2.41. The van der Waals surface area contributed by atoms with E-state index in [9.17, 15) is 24.0 Å². The lowest BCUT2D eigenvalue weighted by molar-refractivity contribution is -0.136. The van der Waals surface area contributed by atoms with Crippen LogP contribution in [0.3, 0.4) is 0 Å². The Hall–Kier alpha value is -3.55. The number of carbonyl (C=O) groups excluding carboxylic acids is 4. The first kappa shape index (κ1) is 27.6. The molecular formula is C28H36N6O7. The normalized spacial score (nSPS) is 25.0. The first-order valence-corrected chi connectivity index (χ1v) is 14.5. The van der Waals surface area contributed by atoms with Gasteiger partial charge in [-0.25, -0.2) is 4.79 Å². The molecular weight excluding hydrogens is 532 g/mol. The van der Waals surface area contributed by atoms with Crippen molar-refractivity contribution in [2.45, 2.75) is 43.9 Å². The van der Waals surface area contributed by atoms with Gasteiger partial charge in [0.1, 0.15) is 6.04 Å². The van der Waals surface area contributed by atoms with Crippen LogP contribution in [0.4, 0.5) is 10.5 Å². The standard InChI is InChI=1S/C28H36N6O7/c35-24-4-3-23(25(36)29-24)34-26(37)21-2-1-18(15-22(21)27(34)38)32-13-11-31(12-14-32)10-9-30-7-5-19(6-8-30)41-20-16-33(17-20)28(39)40/h1-2,15,19-20,23H,3-14,16-17H2,(H,39,40)(H,29,35,36). The molecule has 2 N–H and O–H groups in total. The summed E-state index contributed by atoms with van der Waals surface area (Å²) in [6, 6.07) is 4.33. The smallest absolute Gasteiger partial charge is 0.407 e. The SMILES string of the molecule is O=C1CCC(N2C(=O)c3ccc(N4CCN(CCN5CCC(OC6CN(C(=O)O)C6)CC5)CC4)cc3C2=O)C(=O)N1. The molecule has 0 saturated carbocycles. The van der Waals surface area contributed by atoms with Crippen LogP contribution in [0.5, 0.6) is 0 Å². The number of ether oxygens (including phenoxy) is 1. The number of rotatable bonds is 7. The van der Waals surface area contributed by atoms with E-state index >= 15 is 0 Å². The van der Waals surface area contributed by atoms with Gasteiger partial charge < -0.3 is 24.5 Å². The van der Waals surface area contributed by atoms with Crippen molar-refractivity contribution in [3.8, 4) is 0 Å². The molecule has 0 bridgehead atoms. The number of nitrogens with zero attached hydrogens (tertiary/aromatic N) is 5. The highest BCUT2D eigenvalue weighted by Gasteiger charge is 2.45. The predicted octanol–water partition coefficient (Wildman–Crippen LogP) is 0.0530. The molecule has 1 aromatic rings. The van der Waals surface area contributed by atoms with Crippen molar-refractivity contribution < 1.29 is 33.8 Å². The van der Waals surface area contributed by atoms with E-state index in [1.807, 2.05) is 6.07 Å². The molecule has 6 rings (SSSR count). The second-order valence-corrected chi connectivity index (χ2v) is 11.5. The van der Waals surface area contributed by atoms with Crippen LogP contribution < -0.4 is 10.2 Å². The number of likely N-dealkylation sites (tertiary alicyclic amines) is 2. The Balaban J connectivity index is 0.946. The largest absolute Gasteiger partial charge is 0.465 e. The van der Waals surface area contributed by atoms with Gasteiger partial charge in [-0.1, -0.05) is 0 Å². The minimum absolute atomic E-state index is 0.0347. The number of piperazine rings is 1. The summed E-state index contributed by atoms with van der Waals surface area (Å²) in [4.78, 5) is 70.4. The van der Waals surface area contributed by atoms with Crippen molar-refractivity contribution in [3.05, 3.63) is 29.3 Å². The van der Waals surface area contributed by atoms with E-state index in [0.29, 0.717) is 24.2 Å². The molecule has 13 nitrogen and oxygen atoms in total. The van der Waals surface area contributed by atoms with E-state index in [4.69, 9.17) is 9.84 Å². The molecule has 0 aromatic heterocycles. The van der Waals surface area contributed by atoms with Crippen LogP contribution in [0.1, 0.15) is 46.4 Å². The van der Waals surface area contributed by atoms with Crippen LogP contribution in [0, 0.1) is 0 Å². The van der Waals surface area contributed by atoms with Crippen molar-refractivity contribution in [1.82, 2.24) is 24.9 Å². The first-order valence-electron chi connectivity index (χ1n) is 14.5. The number of hydrogen-bond donors (Lipinski definition) is 2. The van der Waals surface area contributed by atoms with Crippen LogP contribution in [0.25, 0.3) is 0 Å². The molecule has 5 heterocycles. The molecule has 41 heavy (non-hydrogen) atoms. The Morgan fingerprint density at radius 3 is 2.17 bits per heavy atom. The van der Waals surface area contributed by atoms with Gasteiger partial charge >= 0.3 is 6.09 Å². The second-order valence-electron chi connectivity index (χ2n) is 11.5. The van der Waals surface area contributed by atoms with Gasteiger partial charge in [0, 0.05) is 64.5 Å². The summed E-state index contributed by atoms with van der Waals surface area (Å²) in [5.74, 6) is -1.96. The number of fused-ring (bicyclic) bond motifs is 1.